The van der Waals surface area contributed by atoms with Crippen molar-refractivity contribution in [3.63, 3.8) is 0 Å². The van der Waals surface area contributed by atoms with Gasteiger partial charge < -0.3 is 4.98 Å². The molecule has 1 aromatic carbocycles. The third kappa shape index (κ3) is 4.54. The first-order chi connectivity index (χ1) is 14.7. The summed E-state index contributed by atoms with van der Waals surface area (Å²) in [6.07, 6.45) is 2.71. The normalized spacial score (nSPS) is 11.5. The number of fused-ring (bicyclic) bond motifs is 1. The molecule has 0 saturated heterocycles. The van der Waals surface area contributed by atoms with E-state index in [4.69, 9.17) is 0 Å². The first kappa shape index (κ1) is 22.3. The lowest BCUT2D eigenvalue weighted by Gasteiger charge is -2.11. The molecule has 0 bridgehead atoms. The molecule has 0 aliphatic rings. The Morgan fingerprint density at radius 3 is 2.68 bits per heavy atom. The van der Waals surface area contributed by atoms with E-state index in [0.717, 1.165) is 12.1 Å². The molecule has 31 heavy (non-hydrogen) atoms. The molecule has 164 valence electrons. The molecule has 2 aromatic heterocycles. The summed E-state index contributed by atoms with van der Waals surface area (Å²) in [5.74, 6) is -4.48. The van der Waals surface area contributed by atoms with E-state index in [1.807, 2.05) is 4.72 Å². The number of ketones is 1. The number of aromatic amines is 1. The Bertz CT molecular complexity index is 1270. The van der Waals surface area contributed by atoms with Gasteiger partial charge in [-0.3, -0.25) is 19.1 Å². The summed E-state index contributed by atoms with van der Waals surface area (Å²) in [6.45, 7) is 1.63. The number of nitrogens with one attached hydrogen (secondary N) is 3. The molecule has 12 heteroatoms. The highest BCUT2D eigenvalue weighted by Gasteiger charge is 2.26. The maximum atomic E-state index is 15.0. The molecule has 0 atom stereocenters. The topological polar surface area (TPSA) is 130 Å². The molecule has 0 saturated carbocycles. The van der Waals surface area contributed by atoms with Gasteiger partial charge in [0.2, 0.25) is 15.8 Å². The number of carbonyl (C=O) groups is 2. The number of benzene rings is 1. The smallest absolute Gasteiger partial charge is 0.276 e. The Morgan fingerprint density at radius 2 is 2.00 bits per heavy atom. The van der Waals surface area contributed by atoms with Gasteiger partial charge in [0, 0.05) is 23.3 Å². The van der Waals surface area contributed by atoms with E-state index in [2.05, 4.69) is 20.3 Å². The van der Waals surface area contributed by atoms with E-state index < -0.39 is 44.6 Å². The zero-order valence-corrected chi connectivity index (χ0v) is 17.3. The molecule has 2 heterocycles. The lowest BCUT2D eigenvalue weighted by Crippen LogP contribution is -2.21. The fourth-order valence-corrected chi connectivity index (χ4v) is 4.06. The number of carbonyl (C=O) groups excluding carboxylic acids is 2. The van der Waals surface area contributed by atoms with Crippen LogP contribution in [0.1, 0.15) is 39.6 Å². The van der Waals surface area contributed by atoms with E-state index >= 15 is 0 Å². The van der Waals surface area contributed by atoms with Gasteiger partial charge in [-0.15, -0.1) is 0 Å². The summed E-state index contributed by atoms with van der Waals surface area (Å²) in [6, 6.07) is 3.01. The number of H-pyrrole nitrogens is 1. The summed E-state index contributed by atoms with van der Waals surface area (Å²) in [4.78, 5) is 36.2. The predicted molar refractivity (Wildman–Crippen MR) is 108 cm³/mol. The number of hydrogen-bond acceptors (Lipinski definition) is 6. The Labute approximate surface area is 175 Å². The van der Waals surface area contributed by atoms with Gasteiger partial charge in [0.15, 0.2) is 5.82 Å². The lowest BCUT2D eigenvalue weighted by molar-refractivity contribution is 0.0537. The Balaban J connectivity index is 2.07. The van der Waals surface area contributed by atoms with Gasteiger partial charge in [-0.05, 0) is 24.6 Å². The summed E-state index contributed by atoms with van der Waals surface area (Å²) >= 11 is 0. The molecule has 3 aromatic rings. The fraction of sp³-hybridized carbons (Fsp3) is 0.211. The molecular weight excluding hydrogens is 434 g/mol. The van der Waals surface area contributed by atoms with Crippen molar-refractivity contribution < 1.29 is 31.6 Å². The van der Waals surface area contributed by atoms with Crippen LogP contribution in [0.3, 0.4) is 0 Å². The van der Waals surface area contributed by atoms with Gasteiger partial charge in [-0.1, -0.05) is 6.92 Å². The van der Waals surface area contributed by atoms with Gasteiger partial charge in [0.05, 0.1) is 29.7 Å². The fourth-order valence-electron chi connectivity index (χ4n) is 2.93. The predicted octanol–water partition coefficient (Wildman–Crippen LogP) is 2.52. The van der Waals surface area contributed by atoms with Gasteiger partial charge in [0.1, 0.15) is 11.5 Å². The van der Waals surface area contributed by atoms with Gasteiger partial charge in [-0.25, -0.2) is 27.7 Å². The summed E-state index contributed by atoms with van der Waals surface area (Å²) in [5, 5.41) is 0.143. The number of halogens is 2. The highest BCUT2D eigenvalue weighted by atomic mass is 32.2. The molecular formula is C19H18F2N4O5S. The standard InChI is InChI=1S/C19H18F2N4O5S/c1-3-6-31(28,29)25-14-5-4-13(20)15(16(14)21)17(26)12-9-23-18-11(12)7-10(8-22-18)19(27)24-30-2/h4-5,7-9,25H,3,6H2,1-2H3,(H,22,23)(H,24,27). The Morgan fingerprint density at radius 1 is 1.26 bits per heavy atom. The van der Waals surface area contributed by atoms with Crippen LogP contribution in [0.2, 0.25) is 0 Å². The molecule has 0 radical (unpaired) electrons. The third-order valence-electron chi connectivity index (χ3n) is 4.29. The number of amides is 1. The van der Waals surface area contributed by atoms with Crippen LogP contribution >= 0.6 is 0 Å². The Hall–Kier alpha value is -3.38. The minimum atomic E-state index is -3.87. The average molecular weight is 452 g/mol. The molecule has 3 rings (SSSR count). The zero-order chi connectivity index (χ0) is 22.8. The van der Waals surface area contributed by atoms with E-state index in [0.29, 0.717) is 0 Å². The van der Waals surface area contributed by atoms with Crippen molar-refractivity contribution >= 4 is 38.4 Å². The lowest BCUT2D eigenvalue weighted by atomic mass is 10.0. The molecule has 1 amide bonds. The van der Waals surface area contributed by atoms with E-state index in [1.165, 1.54) is 25.6 Å². The van der Waals surface area contributed by atoms with Crippen molar-refractivity contribution in [2.45, 2.75) is 13.3 Å². The van der Waals surface area contributed by atoms with Crippen molar-refractivity contribution in [2.24, 2.45) is 0 Å². The second kappa shape index (κ2) is 8.78. The SMILES string of the molecule is CCCS(=O)(=O)Nc1ccc(F)c(C(=O)c2c[nH]c3ncc(C(=O)NOC)cc23)c1F. The molecule has 0 aliphatic carbocycles. The number of sulfonamides is 1. The van der Waals surface area contributed by atoms with Crippen LogP contribution in [0.15, 0.2) is 30.6 Å². The van der Waals surface area contributed by atoms with Crippen LogP contribution in [0.5, 0.6) is 0 Å². The molecule has 0 unspecified atom stereocenters. The Kier molecular flexibility index (Phi) is 6.32. The number of pyridine rings is 1. The molecule has 3 N–H and O–H groups in total. The van der Waals surface area contributed by atoms with Crippen molar-refractivity contribution in [3.8, 4) is 0 Å². The molecule has 0 spiro atoms. The first-order valence-corrected chi connectivity index (χ1v) is 10.7. The van der Waals surface area contributed by atoms with E-state index in [1.54, 1.807) is 6.92 Å². The van der Waals surface area contributed by atoms with Crippen molar-refractivity contribution in [1.82, 2.24) is 15.4 Å². The van der Waals surface area contributed by atoms with E-state index in [-0.39, 0.29) is 34.3 Å². The second-order valence-corrected chi connectivity index (χ2v) is 8.33. The summed E-state index contributed by atoms with van der Waals surface area (Å²) in [5.41, 5.74) is 0.713. The van der Waals surface area contributed by atoms with E-state index in [9.17, 15) is 26.8 Å². The van der Waals surface area contributed by atoms with Gasteiger partial charge >= 0.3 is 0 Å². The number of aromatic nitrogens is 2. The van der Waals surface area contributed by atoms with Gasteiger partial charge in [-0.2, -0.15) is 0 Å². The quantitative estimate of drug-likeness (QED) is 0.356. The zero-order valence-electron chi connectivity index (χ0n) is 16.5. The van der Waals surface area contributed by atoms with Crippen LogP contribution in [-0.2, 0) is 14.9 Å². The minimum Gasteiger partial charge on any atom is -0.345 e. The van der Waals surface area contributed by atoms with Crippen molar-refractivity contribution in [2.75, 3.05) is 17.6 Å². The van der Waals surface area contributed by atoms with Crippen LogP contribution in [0.4, 0.5) is 14.5 Å². The number of nitrogens with zero attached hydrogens (tertiary/aromatic N) is 1. The first-order valence-electron chi connectivity index (χ1n) is 9.02. The number of rotatable bonds is 8. The van der Waals surface area contributed by atoms with Crippen LogP contribution in [0.25, 0.3) is 11.0 Å². The summed E-state index contributed by atoms with van der Waals surface area (Å²) < 4.78 is 55.3. The maximum absolute atomic E-state index is 15.0. The highest BCUT2D eigenvalue weighted by molar-refractivity contribution is 7.92. The van der Waals surface area contributed by atoms with Crippen LogP contribution in [-0.4, -0.2) is 42.9 Å². The molecule has 0 fully saturated rings. The van der Waals surface area contributed by atoms with Crippen molar-refractivity contribution in [3.05, 3.63) is 58.9 Å². The average Bonchev–Trinajstić information content (AvgIpc) is 3.13. The third-order valence-corrected chi connectivity index (χ3v) is 5.77. The molecule has 0 aliphatic heterocycles. The summed E-state index contributed by atoms with van der Waals surface area (Å²) in [7, 11) is -2.63. The molecule has 9 nitrogen and oxygen atoms in total. The van der Waals surface area contributed by atoms with Gasteiger partial charge in [0.25, 0.3) is 5.91 Å². The highest BCUT2D eigenvalue weighted by Crippen LogP contribution is 2.27. The minimum absolute atomic E-state index is 0.0463. The van der Waals surface area contributed by atoms with Crippen LogP contribution in [0, 0.1) is 11.6 Å². The number of hydrogen-bond donors (Lipinski definition) is 3. The van der Waals surface area contributed by atoms with Crippen molar-refractivity contribution in [1.29, 1.82) is 0 Å². The number of hydroxylamine groups is 1. The monoisotopic (exact) mass is 452 g/mol. The second-order valence-electron chi connectivity index (χ2n) is 6.49. The largest absolute Gasteiger partial charge is 0.345 e. The van der Waals surface area contributed by atoms with Crippen LogP contribution < -0.4 is 10.2 Å². The maximum Gasteiger partial charge on any atom is 0.276 e. The number of anilines is 1.